The van der Waals surface area contributed by atoms with Crippen LogP contribution in [0, 0.1) is 6.92 Å². The maximum Gasteiger partial charge on any atom is 0.224 e. The van der Waals surface area contributed by atoms with E-state index in [1.165, 1.54) is 6.04 Å². The predicted molar refractivity (Wildman–Crippen MR) is 81.4 cm³/mol. The molecule has 0 aromatic carbocycles. The molecule has 0 saturated heterocycles. The largest absolute Gasteiger partial charge is 0.361 e. The molecule has 0 saturated carbocycles. The standard InChI is InChI=1S/C13H20ClN3OSi/c1-10-8-17(9-18-5-6-19(2,3)4)12-11(10)7-15-13(14)16-12/h7-8H,5-6,9H2,1-4H3. The molecule has 0 aliphatic heterocycles. The number of halogens is 1. The van der Waals surface area contributed by atoms with Crippen molar-refractivity contribution in [1.82, 2.24) is 14.5 Å². The van der Waals surface area contributed by atoms with Crippen molar-refractivity contribution in [2.45, 2.75) is 39.3 Å². The van der Waals surface area contributed by atoms with Crippen LogP contribution >= 0.6 is 11.6 Å². The quantitative estimate of drug-likeness (QED) is 0.480. The summed E-state index contributed by atoms with van der Waals surface area (Å²) in [6, 6.07) is 1.17. The molecule has 0 bridgehead atoms. The first-order valence-electron chi connectivity index (χ1n) is 6.42. The summed E-state index contributed by atoms with van der Waals surface area (Å²) >= 11 is 5.85. The van der Waals surface area contributed by atoms with Gasteiger partial charge in [0.05, 0.1) is 0 Å². The van der Waals surface area contributed by atoms with E-state index in [-0.39, 0.29) is 5.28 Å². The van der Waals surface area contributed by atoms with Crippen molar-refractivity contribution in [2.75, 3.05) is 6.61 Å². The lowest BCUT2D eigenvalue weighted by molar-refractivity contribution is 0.0898. The summed E-state index contributed by atoms with van der Waals surface area (Å²) in [6.07, 6.45) is 3.79. The maximum atomic E-state index is 5.85. The zero-order valence-electron chi connectivity index (χ0n) is 11.9. The van der Waals surface area contributed by atoms with Crippen LogP contribution in [0.15, 0.2) is 12.4 Å². The van der Waals surface area contributed by atoms with E-state index in [2.05, 4.69) is 29.6 Å². The van der Waals surface area contributed by atoms with Gasteiger partial charge in [-0.1, -0.05) is 19.6 Å². The lowest BCUT2D eigenvalue weighted by atomic mass is 10.3. The first-order chi connectivity index (χ1) is 8.87. The third-order valence-corrected chi connectivity index (χ3v) is 4.90. The highest BCUT2D eigenvalue weighted by Gasteiger charge is 2.13. The van der Waals surface area contributed by atoms with E-state index in [9.17, 15) is 0 Å². The van der Waals surface area contributed by atoms with E-state index < -0.39 is 8.07 Å². The fourth-order valence-electron chi connectivity index (χ4n) is 1.85. The topological polar surface area (TPSA) is 39.9 Å². The number of aromatic nitrogens is 3. The minimum absolute atomic E-state index is 0.272. The molecule has 2 rings (SSSR count). The monoisotopic (exact) mass is 297 g/mol. The van der Waals surface area contributed by atoms with Crippen molar-refractivity contribution in [1.29, 1.82) is 0 Å². The molecule has 0 spiro atoms. The van der Waals surface area contributed by atoms with Crippen LogP contribution in [0.1, 0.15) is 5.56 Å². The van der Waals surface area contributed by atoms with Crippen LogP contribution in [0.25, 0.3) is 11.0 Å². The minimum Gasteiger partial charge on any atom is -0.361 e. The number of hydrogen-bond acceptors (Lipinski definition) is 3. The summed E-state index contributed by atoms with van der Waals surface area (Å²) < 4.78 is 7.74. The van der Waals surface area contributed by atoms with Crippen molar-refractivity contribution in [2.24, 2.45) is 0 Å². The Morgan fingerprint density at radius 1 is 1.37 bits per heavy atom. The molecule has 2 heterocycles. The minimum atomic E-state index is -1.03. The van der Waals surface area contributed by atoms with Crippen LogP contribution in [0.3, 0.4) is 0 Å². The summed E-state index contributed by atoms with van der Waals surface area (Å²) in [4.78, 5) is 8.29. The molecule has 0 N–H and O–H groups in total. The number of nitrogens with zero attached hydrogens (tertiary/aromatic N) is 3. The van der Waals surface area contributed by atoms with Gasteiger partial charge in [0, 0.05) is 32.5 Å². The summed E-state index contributed by atoms with van der Waals surface area (Å²) in [6.45, 7) is 10.4. The fraction of sp³-hybridized carbons (Fsp3) is 0.538. The van der Waals surface area contributed by atoms with Crippen molar-refractivity contribution in [3.63, 3.8) is 0 Å². The first-order valence-corrected chi connectivity index (χ1v) is 10.5. The Balaban J connectivity index is 2.07. The predicted octanol–water partition coefficient (Wildman–Crippen LogP) is 3.71. The van der Waals surface area contributed by atoms with Crippen LogP contribution in [0.4, 0.5) is 0 Å². The average molecular weight is 298 g/mol. The zero-order valence-corrected chi connectivity index (χ0v) is 13.7. The Morgan fingerprint density at radius 2 is 2.11 bits per heavy atom. The van der Waals surface area contributed by atoms with E-state index >= 15 is 0 Å². The van der Waals surface area contributed by atoms with Crippen LogP contribution in [-0.4, -0.2) is 29.2 Å². The lowest BCUT2D eigenvalue weighted by Gasteiger charge is -2.15. The van der Waals surface area contributed by atoms with E-state index in [1.54, 1.807) is 6.20 Å². The van der Waals surface area contributed by atoms with E-state index in [0.717, 1.165) is 23.2 Å². The highest BCUT2D eigenvalue weighted by atomic mass is 35.5. The molecule has 0 radical (unpaired) electrons. The molecule has 2 aromatic heterocycles. The molecule has 0 aliphatic carbocycles. The fourth-order valence-corrected chi connectivity index (χ4v) is 2.74. The SMILES string of the molecule is Cc1cn(COCC[Si](C)(C)C)c2nc(Cl)ncc12. The van der Waals surface area contributed by atoms with Gasteiger partial charge >= 0.3 is 0 Å². The van der Waals surface area contributed by atoms with Gasteiger partial charge < -0.3 is 9.30 Å². The van der Waals surface area contributed by atoms with Crippen molar-refractivity contribution in [3.8, 4) is 0 Å². The first kappa shape index (κ1) is 14.5. The number of hydrogen-bond donors (Lipinski definition) is 0. The Morgan fingerprint density at radius 3 is 2.79 bits per heavy atom. The molecule has 19 heavy (non-hydrogen) atoms. The third-order valence-electron chi connectivity index (χ3n) is 3.01. The summed E-state index contributed by atoms with van der Waals surface area (Å²) in [5.74, 6) is 0. The van der Waals surface area contributed by atoms with Gasteiger partial charge in [-0.25, -0.2) is 4.98 Å². The van der Waals surface area contributed by atoms with E-state index in [0.29, 0.717) is 6.73 Å². The molecular weight excluding hydrogens is 278 g/mol. The second-order valence-corrected chi connectivity index (χ2v) is 12.0. The second kappa shape index (κ2) is 5.61. The summed E-state index contributed by atoms with van der Waals surface area (Å²) in [7, 11) is -1.03. The number of rotatable bonds is 5. The second-order valence-electron chi connectivity index (χ2n) is 6.01. The molecule has 0 atom stereocenters. The highest BCUT2D eigenvalue weighted by Crippen LogP contribution is 2.19. The van der Waals surface area contributed by atoms with Gasteiger partial charge in [-0.15, -0.1) is 0 Å². The molecule has 6 heteroatoms. The lowest BCUT2D eigenvalue weighted by Crippen LogP contribution is -2.22. The maximum absolute atomic E-state index is 5.85. The molecule has 104 valence electrons. The van der Waals surface area contributed by atoms with E-state index in [1.807, 2.05) is 17.7 Å². The number of ether oxygens (including phenoxy) is 1. The Hall–Kier alpha value is -0.913. The molecule has 0 aliphatic rings. The average Bonchev–Trinajstić information content (AvgIpc) is 2.60. The Kier molecular flexibility index (Phi) is 4.28. The van der Waals surface area contributed by atoms with E-state index in [4.69, 9.17) is 16.3 Å². The highest BCUT2D eigenvalue weighted by molar-refractivity contribution is 6.76. The Bertz CT molecular complexity index is 577. The third kappa shape index (κ3) is 3.78. The van der Waals surface area contributed by atoms with Gasteiger partial charge in [0.15, 0.2) is 0 Å². The van der Waals surface area contributed by atoms with Crippen LogP contribution in [0.5, 0.6) is 0 Å². The van der Waals surface area contributed by atoms with Crippen molar-refractivity contribution in [3.05, 3.63) is 23.2 Å². The van der Waals surface area contributed by atoms with Crippen LogP contribution in [0.2, 0.25) is 31.0 Å². The van der Waals surface area contributed by atoms with Gasteiger partial charge in [-0.05, 0) is 30.1 Å². The van der Waals surface area contributed by atoms with Gasteiger partial charge in [0.2, 0.25) is 5.28 Å². The normalized spacial score (nSPS) is 12.3. The summed E-state index contributed by atoms with van der Waals surface area (Å²) in [5.41, 5.74) is 1.98. The van der Waals surface area contributed by atoms with Gasteiger partial charge in [-0.2, -0.15) is 4.98 Å². The van der Waals surface area contributed by atoms with Gasteiger partial charge in [0.25, 0.3) is 0 Å². The zero-order chi connectivity index (χ0) is 14.0. The molecule has 0 unspecified atom stereocenters. The summed E-state index contributed by atoms with van der Waals surface area (Å²) in [5, 5.41) is 1.30. The molecule has 4 nitrogen and oxygen atoms in total. The van der Waals surface area contributed by atoms with Crippen molar-refractivity contribution < 1.29 is 4.74 Å². The van der Waals surface area contributed by atoms with Crippen molar-refractivity contribution >= 4 is 30.7 Å². The van der Waals surface area contributed by atoms with Gasteiger partial charge in [-0.3, -0.25) is 0 Å². The number of fused-ring (bicyclic) bond motifs is 1. The molecule has 0 amide bonds. The van der Waals surface area contributed by atoms with Crippen LogP contribution < -0.4 is 0 Å². The Labute approximate surface area is 119 Å². The molecular formula is C13H20ClN3OSi. The van der Waals surface area contributed by atoms with Gasteiger partial charge in [0.1, 0.15) is 12.4 Å². The molecule has 0 fully saturated rings. The molecule has 2 aromatic rings. The number of aryl methyl sites for hydroxylation is 1. The van der Waals surface area contributed by atoms with Crippen LogP contribution in [-0.2, 0) is 11.5 Å². The smallest absolute Gasteiger partial charge is 0.224 e.